The van der Waals surface area contributed by atoms with Gasteiger partial charge in [0.05, 0.1) is 11.6 Å². The average molecular weight is 345 g/mol. The highest BCUT2D eigenvalue weighted by Crippen LogP contribution is 2.30. The van der Waals surface area contributed by atoms with Gasteiger partial charge in [0.15, 0.2) is 0 Å². The Balaban J connectivity index is 1.67. The standard InChI is InChI=1S/C17H19N3O3S/c18-16(22)17(6-8-23-9-7-17)11-20-14(21)13-10-19-15(24-13)12-4-2-1-3-5-12/h1-5,10H,6-9,11H2,(H2,18,22)(H,20,21). The van der Waals surface area contributed by atoms with Crippen LogP contribution in [0.1, 0.15) is 22.5 Å². The van der Waals surface area contributed by atoms with Crippen LogP contribution in [0.3, 0.4) is 0 Å². The van der Waals surface area contributed by atoms with Crippen molar-refractivity contribution < 1.29 is 14.3 Å². The second-order valence-electron chi connectivity index (χ2n) is 5.84. The molecule has 6 nitrogen and oxygen atoms in total. The van der Waals surface area contributed by atoms with E-state index in [9.17, 15) is 9.59 Å². The maximum atomic E-state index is 12.4. The molecule has 0 aliphatic carbocycles. The van der Waals surface area contributed by atoms with Crippen LogP contribution in [-0.2, 0) is 9.53 Å². The number of benzene rings is 1. The van der Waals surface area contributed by atoms with Crippen molar-refractivity contribution in [3.8, 4) is 10.6 Å². The fraction of sp³-hybridized carbons (Fsp3) is 0.353. The first-order chi connectivity index (χ1) is 11.6. The van der Waals surface area contributed by atoms with Crippen molar-refractivity contribution >= 4 is 23.2 Å². The number of rotatable bonds is 5. The highest BCUT2D eigenvalue weighted by atomic mass is 32.1. The van der Waals surface area contributed by atoms with Gasteiger partial charge in [-0.25, -0.2) is 4.98 Å². The first-order valence-electron chi connectivity index (χ1n) is 7.78. The van der Waals surface area contributed by atoms with E-state index < -0.39 is 5.41 Å². The molecule has 1 aliphatic rings. The predicted molar refractivity (Wildman–Crippen MR) is 91.6 cm³/mol. The molecule has 126 valence electrons. The fourth-order valence-corrected chi connectivity index (χ4v) is 3.54. The molecule has 0 bridgehead atoms. The molecule has 7 heteroatoms. The van der Waals surface area contributed by atoms with Crippen LogP contribution in [0, 0.1) is 5.41 Å². The van der Waals surface area contributed by atoms with Crippen molar-refractivity contribution in [2.24, 2.45) is 11.1 Å². The third-order valence-corrected chi connectivity index (χ3v) is 5.36. The van der Waals surface area contributed by atoms with Crippen LogP contribution >= 0.6 is 11.3 Å². The topological polar surface area (TPSA) is 94.3 Å². The lowest BCUT2D eigenvalue weighted by Gasteiger charge is -2.34. The average Bonchev–Trinajstić information content (AvgIpc) is 3.11. The molecule has 1 saturated heterocycles. The van der Waals surface area contributed by atoms with Crippen molar-refractivity contribution in [3.63, 3.8) is 0 Å². The summed E-state index contributed by atoms with van der Waals surface area (Å²) in [6, 6.07) is 9.69. The zero-order valence-corrected chi connectivity index (χ0v) is 14.0. The largest absolute Gasteiger partial charge is 0.381 e. The summed E-state index contributed by atoms with van der Waals surface area (Å²) in [4.78, 5) is 29.0. The number of nitrogens with zero attached hydrogens (tertiary/aromatic N) is 1. The SMILES string of the molecule is NC(=O)C1(CNC(=O)c2cnc(-c3ccccc3)s2)CCOCC1. The van der Waals surface area contributed by atoms with Gasteiger partial charge in [-0.3, -0.25) is 9.59 Å². The van der Waals surface area contributed by atoms with Gasteiger partial charge < -0.3 is 15.8 Å². The first kappa shape index (κ1) is 16.6. The Labute approximate surface area is 144 Å². The monoisotopic (exact) mass is 345 g/mol. The molecule has 3 N–H and O–H groups in total. The summed E-state index contributed by atoms with van der Waals surface area (Å²) < 4.78 is 5.29. The lowest BCUT2D eigenvalue weighted by atomic mass is 9.79. The second-order valence-corrected chi connectivity index (χ2v) is 6.87. The van der Waals surface area contributed by atoms with Crippen LogP contribution < -0.4 is 11.1 Å². The van der Waals surface area contributed by atoms with Gasteiger partial charge in [-0.1, -0.05) is 30.3 Å². The second kappa shape index (κ2) is 7.11. The van der Waals surface area contributed by atoms with Crippen LogP contribution in [0.25, 0.3) is 10.6 Å². The summed E-state index contributed by atoms with van der Waals surface area (Å²) in [6.45, 7) is 1.19. The normalized spacial score (nSPS) is 16.5. The smallest absolute Gasteiger partial charge is 0.263 e. The lowest BCUT2D eigenvalue weighted by molar-refractivity contribution is -0.132. The molecule has 1 aromatic heterocycles. The maximum absolute atomic E-state index is 12.4. The minimum absolute atomic E-state index is 0.225. The number of hydrogen-bond donors (Lipinski definition) is 2. The van der Waals surface area contributed by atoms with E-state index in [1.165, 1.54) is 11.3 Å². The van der Waals surface area contributed by atoms with E-state index in [4.69, 9.17) is 10.5 Å². The Bertz CT molecular complexity index is 724. The number of thiazole rings is 1. The molecule has 2 aromatic rings. The molecule has 0 saturated carbocycles. The molecule has 0 spiro atoms. The lowest BCUT2D eigenvalue weighted by Crippen LogP contribution is -2.49. The van der Waals surface area contributed by atoms with E-state index in [1.807, 2.05) is 30.3 Å². The number of ether oxygens (including phenoxy) is 1. The van der Waals surface area contributed by atoms with Crippen molar-refractivity contribution in [2.75, 3.05) is 19.8 Å². The number of primary amides is 1. The van der Waals surface area contributed by atoms with Crippen LogP contribution in [0.15, 0.2) is 36.5 Å². The van der Waals surface area contributed by atoms with E-state index in [0.29, 0.717) is 30.9 Å². The molecule has 2 amide bonds. The van der Waals surface area contributed by atoms with E-state index in [-0.39, 0.29) is 18.4 Å². The molecule has 0 unspecified atom stereocenters. The van der Waals surface area contributed by atoms with Crippen molar-refractivity contribution in [1.29, 1.82) is 0 Å². The number of nitrogens with two attached hydrogens (primary N) is 1. The summed E-state index contributed by atoms with van der Waals surface area (Å²) in [7, 11) is 0. The molecule has 1 aromatic carbocycles. The van der Waals surface area contributed by atoms with Gasteiger partial charge in [0.1, 0.15) is 9.88 Å². The molecule has 0 atom stereocenters. The molecule has 1 fully saturated rings. The van der Waals surface area contributed by atoms with Gasteiger partial charge in [0.25, 0.3) is 5.91 Å². The molecule has 1 aliphatic heterocycles. The molecule has 3 rings (SSSR count). The van der Waals surface area contributed by atoms with Gasteiger partial charge >= 0.3 is 0 Å². The minimum Gasteiger partial charge on any atom is -0.381 e. The molecule has 24 heavy (non-hydrogen) atoms. The molecular weight excluding hydrogens is 326 g/mol. The number of carbonyl (C=O) groups excluding carboxylic acids is 2. The number of amides is 2. The van der Waals surface area contributed by atoms with Crippen molar-refractivity contribution in [1.82, 2.24) is 10.3 Å². The van der Waals surface area contributed by atoms with Gasteiger partial charge in [-0.15, -0.1) is 11.3 Å². The van der Waals surface area contributed by atoms with E-state index in [2.05, 4.69) is 10.3 Å². The van der Waals surface area contributed by atoms with Crippen LogP contribution in [0.5, 0.6) is 0 Å². The van der Waals surface area contributed by atoms with E-state index in [0.717, 1.165) is 10.6 Å². The van der Waals surface area contributed by atoms with E-state index >= 15 is 0 Å². The highest BCUT2D eigenvalue weighted by molar-refractivity contribution is 7.16. The molecule has 0 radical (unpaired) electrons. The number of nitrogens with one attached hydrogen (secondary N) is 1. The Morgan fingerprint density at radius 1 is 1.25 bits per heavy atom. The third-order valence-electron chi connectivity index (χ3n) is 4.31. The van der Waals surface area contributed by atoms with Gasteiger partial charge in [0, 0.05) is 25.3 Å². The quantitative estimate of drug-likeness (QED) is 0.864. The third kappa shape index (κ3) is 3.47. The summed E-state index contributed by atoms with van der Waals surface area (Å²) in [5, 5.41) is 3.62. The number of hydrogen-bond acceptors (Lipinski definition) is 5. The van der Waals surface area contributed by atoms with Gasteiger partial charge in [-0.05, 0) is 12.8 Å². The van der Waals surface area contributed by atoms with Gasteiger partial charge in [0.2, 0.25) is 5.91 Å². The van der Waals surface area contributed by atoms with Gasteiger partial charge in [-0.2, -0.15) is 0 Å². The molecular formula is C17H19N3O3S. The summed E-state index contributed by atoms with van der Waals surface area (Å²) in [5.41, 5.74) is 5.80. The summed E-state index contributed by atoms with van der Waals surface area (Å²) in [6.07, 6.45) is 2.62. The van der Waals surface area contributed by atoms with Crippen molar-refractivity contribution in [3.05, 3.63) is 41.4 Å². The van der Waals surface area contributed by atoms with Crippen LogP contribution in [0.4, 0.5) is 0 Å². The highest BCUT2D eigenvalue weighted by Gasteiger charge is 2.38. The Kier molecular flexibility index (Phi) is 4.92. The van der Waals surface area contributed by atoms with Crippen LogP contribution in [-0.4, -0.2) is 36.6 Å². The van der Waals surface area contributed by atoms with Crippen molar-refractivity contribution in [2.45, 2.75) is 12.8 Å². The Hall–Kier alpha value is -2.25. The number of carbonyl (C=O) groups is 2. The Morgan fingerprint density at radius 3 is 2.62 bits per heavy atom. The minimum atomic E-state index is -0.721. The molecule has 2 heterocycles. The summed E-state index contributed by atoms with van der Waals surface area (Å²) >= 11 is 1.32. The predicted octanol–water partition coefficient (Wildman–Crippen LogP) is 1.82. The number of aromatic nitrogens is 1. The first-order valence-corrected chi connectivity index (χ1v) is 8.59. The zero-order valence-electron chi connectivity index (χ0n) is 13.2. The zero-order chi connectivity index (χ0) is 17.0. The van der Waals surface area contributed by atoms with Crippen LogP contribution in [0.2, 0.25) is 0 Å². The van der Waals surface area contributed by atoms with E-state index in [1.54, 1.807) is 6.20 Å². The maximum Gasteiger partial charge on any atom is 0.263 e. The fourth-order valence-electron chi connectivity index (χ4n) is 2.70. The Morgan fingerprint density at radius 2 is 1.96 bits per heavy atom. The summed E-state index contributed by atoms with van der Waals surface area (Å²) in [5.74, 6) is -0.623.